The highest BCUT2D eigenvalue weighted by Gasteiger charge is 1.98. The third-order valence-corrected chi connectivity index (χ3v) is 3.31. The van der Waals surface area contributed by atoms with Crippen molar-refractivity contribution in [2.45, 2.75) is 24.7 Å². The van der Waals surface area contributed by atoms with Crippen LogP contribution < -0.4 is 0 Å². The van der Waals surface area contributed by atoms with Crippen molar-refractivity contribution in [1.29, 1.82) is 0 Å². The van der Waals surface area contributed by atoms with Crippen molar-refractivity contribution in [3.63, 3.8) is 0 Å². The van der Waals surface area contributed by atoms with Gasteiger partial charge >= 0.3 is 0 Å². The topological polar surface area (TPSA) is 20.2 Å². The molecule has 1 aromatic rings. The lowest BCUT2D eigenvalue weighted by molar-refractivity contribution is 0.470. The first-order valence-corrected chi connectivity index (χ1v) is 6.24. The van der Waals surface area contributed by atoms with E-state index in [4.69, 9.17) is 11.6 Å². The number of aromatic hydroxyl groups is 1. The van der Waals surface area contributed by atoms with E-state index in [0.29, 0.717) is 5.75 Å². The first-order chi connectivity index (χ1) is 6.74. The molecule has 0 aromatic heterocycles. The fourth-order valence-electron chi connectivity index (χ4n) is 1.10. The monoisotopic (exact) mass is 230 g/mol. The molecule has 1 nitrogen and oxygen atoms in total. The second-order valence-corrected chi connectivity index (χ2v) is 4.74. The van der Waals surface area contributed by atoms with E-state index >= 15 is 0 Å². The summed E-state index contributed by atoms with van der Waals surface area (Å²) in [7, 11) is 0. The van der Waals surface area contributed by atoms with Gasteiger partial charge in [-0.1, -0.05) is 0 Å². The van der Waals surface area contributed by atoms with Crippen molar-refractivity contribution in [3.05, 3.63) is 23.8 Å². The van der Waals surface area contributed by atoms with Crippen LogP contribution in [-0.2, 0) is 0 Å². The van der Waals surface area contributed by atoms with Crippen LogP contribution in [0.25, 0.3) is 0 Å². The highest BCUT2D eigenvalue weighted by Crippen LogP contribution is 2.25. The fraction of sp³-hybridized carbons (Fsp3) is 0.455. The highest BCUT2D eigenvalue weighted by atomic mass is 35.5. The van der Waals surface area contributed by atoms with E-state index in [1.165, 1.54) is 4.90 Å². The molecule has 0 radical (unpaired) electrons. The van der Waals surface area contributed by atoms with Crippen LogP contribution in [0.2, 0.25) is 0 Å². The van der Waals surface area contributed by atoms with Gasteiger partial charge < -0.3 is 5.11 Å². The molecule has 0 aliphatic rings. The minimum absolute atomic E-state index is 0.370. The summed E-state index contributed by atoms with van der Waals surface area (Å²) in [6.07, 6.45) is 2.22. The second-order valence-electron chi connectivity index (χ2n) is 3.19. The zero-order valence-corrected chi connectivity index (χ0v) is 9.87. The molecule has 1 aromatic carbocycles. The molecule has 0 aliphatic carbocycles. The van der Waals surface area contributed by atoms with Crippen molar-refractivity contribution in [1.82, 2.24) is 0 Å². The number of phenolic OH excluding ortho intramolecular Hbond substituents is 1. The molecule has 0 aliphatic heterocycles. The Balaban J connectivity index is 2.39. The average Bonchev–Trinajstić information content (AvgIpc) is 2.18. The maximum absolute atomic E-state index is 9.33. The van der Waals surface area contributed by atoms with Crippen LogP contribution in [0, 0.1) is 6.92 Å². The molecule has 0 saturated heterocycles. The molecule has 0 atom stereocenters. The Morgan fingerprint density at radius 3 is 2.79 bits per heavy atom. The van der Waals surface area contributed by atoms with Gasteiger partial charge in [0.1, 0.15) is 5.75 Å². The van der Waals surface area contributed by atoms with Crippen molar-refractivity contribution in [2.75, 3.05) is 11.6 Å². The predicted molar refractivity (Wildman–Crippen MR) is 63.5 cm³/mol. The largest absolute Gasteiger partial charge is 0.508 e. The van der Waals surface area contributed by atoms with Crippen molar-refractivity contribution < 1.29 is 5.11 Å². The van der Waals surface area contributed by atoms with E-state index in [-0.39, 0.29) is 0 Å². The van der Waals surface area contributed by atoms with E-state index in [1.807, 2.05) is 30.8 Å². The molecule has 0 unspecified atom stereocenters. The minimum Gasteiger partial charge on any atom is -0.508 e. The Bertz CT molecular complexity index is 289. The quantitative estimate of drug-likeness (QED) is 0.472. The lowest BCUT2D eigenvalue weighted by atomic mass is 10.2. The zero-order chi connectivity index (χ0) is 10.4. The summed E-state index contributed by atoms with van der Waals surface area (Å²) in [5, 5.41) is 9.33. The molecular weight excluding hydrogens is 216 g/mol. The van der Waals surface area contributed by atoms with Crippen LogP contribution in [0.3, 0.4) is 0 Å². The summed E-state index contributed by atoms with van der Waals surface area (Å²) in [4.78, 5) is 1.22. The number of alkyl halides is 1. The van der Waals surface area contributed by atoms with E-state index in [9.17, 15) is 5.11 Å². The number of hydrogen-bond donors (Lipinski definition) is 1. The molecule has 14 heavy (non-hydrogen) atoms. The van der Waals surface area contributed by atoms with Crippen LogP contribution >= 0.6 is 23.4 Å². The maximum Gasteiger partial charge on any atom is 0.118 e. The molecule has 1 N–H and O–H groups in total. The smallest absolute Gasteiger partial charge is 0.118 e. The van der Waals surface area contributed by atoms with Gasteiger partial charge in [-0.05, 0) is 49.3 Å². The van der Waals surface area contributed by atoms with Gasteiger partial charge in [0.15, 0.2) is 0 Å². The maximum atomic E-state index is 9.33. The fourth-order valence-corrected chi connectivity index (χ4v) is 2.30. The summed E-state index contributed by atoms with van der Waals surface area (Å²) in [5.41, 5.74) is 0.937. The standard InChI is InChI=1S/C11H15ClOS/c1-9-8-10(4-5-11(9)13)14-7-3-2-6-12/h4-5,8,13H,2-3,6-7H2,1H3. The number of phenols is 1. The van der Waals surface area contributed by atoms with Gasteiger partial charge in [0.25, 0.3) is 0 Å². The Kier molecular flexibility index (Phi) is 5.20. The Hall–Kier alpha value is -0.340. The summed E-state index contributed by atoms with van der Waals surface area (Å²) >= 11 is 7.40. The van der Waals surface area contributed by atoms with Gasteiger partial charge in [0.2, 0.25) is 0 Å². The number of unbranched alkanes of at least 4 members (excludes halogenated alkanes) is 1. The number of halogens is 1. The van der Waals surface area contributed by atoms with Crippen molar-refractivity contribution in [3.8, 4) is 5.75 Å². The average molecular weight is 231 g/mol. The third-order valence-electron chi connectivity index (χ3n) is 1.96. The normalized spacial score (nSPS) is 10.4. The number of aryl methyl sites for hydroxylation is 1. The van der Waals surface area contributed by atoms with E-state index in [2.05, 4.69) is 0 Å². The molecule has 0 spiro atoms. The molecular formula is C11H15ClOS. The lowest BCUT2D eigenvalue weighted by Gasteiger charge is -2.03. The lowest BCUT2D eigenvalue weighted by Crippen LogP contribution is -1.82. The van der Waals surface area contributed by atoms with Crippen LogP contribution in [0.4, 0.5) is 0 Å². The summed E-state index contributed by atoms with van der Waals surface area (Å²) < 4.78 is 0. The Morgan fingerprint density at radius 1 is 1.36 bits per heavy atom. The number of hydrogen-bond acceptors (Lipinski definition) is 2. The molecule has 0 saturated carbocycles. The van der Waals surface area contributed by atoms with Gasteiger partial charge in [0.05, 0.1) is 0 Å². The first-order valence-electron chi connectivity index (χ1n) is 4.72. The SMILES string of the molecule is Cc1cc(SCCCCCl)ccc1O. The third kappa shape index (κ3) is 3.81. The van der Waals surface area contributed by atoms with Gasteiger partial charge in [-0.3, -0.25) is 0 Å². The first kappa shape index (κ1) is 11.7. The van der Waals surface area contributed by atoms with E-state index in [1.54, 1.807) is 6.07 Å². The molecule has 0 heterocycles. The molecule has 0 amide bonds. The molecule has 3 heteroatoms. The highest BCUT2D eigenvalue weighted by molar-refractivity contribution is 7.99. The van der Waals surface area contributed by atoms with Crippen LogP contribution in [0.1, 0.15) is 18.4 Å². The minimum atomic E-state index is 0.370. The molecule has 1 rings (SSSR count). The number of benzene rings is 1. The van der Waals surface area contributed by atoms with Crippen LogP contribution in [-0.4, -0.2) is 16.7 Å². The van der Waals surface area contributed by atoms with Crippen LogP contribution in [0.5, 0.6) is 5.75 Å². The van der Waals surface area contributed by atoms with Gasteiger partial charge in [-0.2, -0.15) is 0 Å². The van der Waals surface area contributed by atoms with Crippen molar-refractivity contribution >= 4 is 23.4 Å². The molecule has 0 fully saturated rings. The predicted octanol–water partition coefficient (Wildman–Crippen LogP) is 3.81. The summed E-state index contributed by atoms with van der Waals surface area (Å²) in [6.45, 7) is 1.91. The molecule has 0 bridgehead atoms. The van der Waals surface area contributed by atoms with Crippen LogP contribution in [0.15, 0.2) is 23.1 Å². The number of thioether (sulfide) groups is 1. The Labute approximate surface area is 94.5 Å². The summed E-state index contributed by atoms with van der Waals surface area (Å²) in [6, 6.07) is 5.72. The van der Waals surface area contributed by atoms with E-state index in [0.717, 1.165) is 30.0 Å². The zero-order valence-electron chi connectivity index (χ0n) is 8.29. The van der Waals surface area contributed by atoms with Gasteiger partial charge in [0, 0.05) is 10.8 Å². The van der Waals surface area contributed by atoms with E-state index < -0.39 is 0 Å². The van der Waals surface area contributed by atoms with Crippen molar-refractivity contribution in [2.24, 2.45) is 0 Å². The summed E-state index contributed by atoms with van der Waals surface area (Å²) in [5.74, 6) is 2.21. The molecule has 78 valence electrons. The van der Waals surface area contributed by atoms with Gasteiger partial charge in [-0.15, -0.1) is 23.4 Å². The Morgan fingerprint density at radius 2 is 2.14 bits per heavy atom. The van der Waals surface area contributed by atoms with Gasteiger partial charge in [-0.25, -0.2) is 0 Å². The second kappa shape index (κ2) is 6.20. The number of rotatable bonds is 5.